The van der Waals surface area contributed by atoms with Gasteiger partial charge in [-0.05, 0) is 37.9 Å². The molecule has 2 atom stereocenters. The molecule has 0 fully saturated rings. The molecule has 0 aliphatic carbocycles. The molecule has 19 heavy (non-hydrogen) atoms. The highest BCUT2D eigenvalue weighted by Gasteiger charge is 2.21. The Bertz CT molecular complexity index is 296. The van der Waals surface area contributed by atoms with Crippen LogP contribution in [0.5, 0.6) is 0 Å². The second kappa shape index (κ2) is 9.75. The van der Waals surface area contributed by atoms with Gasteiger partial charge in [-0.1, -0.05) is 19.9 Å². The first-order valence-electron chi connectivity index (χ1n) is 6.49. The van der Waals surface area contributed by atoms with Crippen LogP contribution in [0.1, 0.15) is 33.6 Å². The van der Waals surface area contributed by atoms with E-state index in [0.717, 1.165) is 6.42 Å². The molecule has 0 aliphatic heterocycles. The lowest BCUT2D eigenvalue weighted by atomic mass is 9.91. The van der Waals surface area contributed by atoms with Gasteiger partial charge in [-0.2, -0.15) is 0 Å². The van der Waals surface area contributed by atoms with Crippen LogP contribution in [0, 0.1) is 11.8 Å². The predicted molar refractivity (Wildman–Crippen MR) is 81.3 cm³/mol. The van der Waals surface area contributed by atoms with Crippen molar-refractivity contribution >= 4 is 23.2 Å². The number of amides is 1. The van der Waals surface area contributed by atoms with Crippen molar-refractivity contribution in [1.29, 1.82) is 0 Å². The van der Waals surface area contributed by atoms with Crippen LogP contribution in [0.15, 0.2) is 12.7 Å². The molecule has 6 heteroatoms. The smallest absolute Gasteiger partial charge is 0.241 e. The van der Waals surface area contributed by atoms with Crippen LogP contribution in [0.3, 0.4) is 0 Å². The third kappa shape index (κ3) is 9.44. The summed E-state index contributed by atoms with van der Waals surface area (Å²) in [6.45, 7) is 9.87. The number of hydrazine groups is 1. The van der Waals surface area contributed by atoms with Gasteiger partial charge in [-0.15, -0.1) is 6.58 Å². The highest BCUT2D eigenvalue weighted by Crippen LogP contribution is 2.17. The number of nitrogens with one attached hydrogen (secondary N) is 3. The van der Waals surface area contributed by atoms with Crippen molar-refractivity contribution in [2.75, 3.05) is 6.54 Å². The molecule has 0 aromatic rings. The van der Waals surface area contributed by atoms with Gasteiger partial charge in [-0.25, -0.2) is 0 Å². The fourth-order valence-electron chi connectivity index (χ4n) is 1.72. The largest absolute Gasteiger partial charge is 0.393 e. The first-order valence-corrected chi connectivity index (χ1v) is 6.90. The van der Waals surface area contributed by atoms with Crippen molar-refractivity contribution in [2.24, 2.45) is 11.8 Å². The van der Waals surface area contributed by atoms with E-state index in [1.807, 2.05) is 13.8 Å². The summed E-state index contributed by atoms with van der Waals surface area (Å²) in [5.41, 5.74) is 5.20. The van der Waals surface area contributed by atoms with Gasteiger partial charge in [0.25, 0.3) is 0 Å². The molecule has 4 N–H and O–H groups in total. The quantitative estimate of drug-likeness (QED) is 0.321. The van der Waals surface area contributed by atoms with Crippen LogP contribution in [0.4, 0.5) is 0 Å². The maximum absolute atomic E-state index is 12.0. The molecular weight excluding hydrogens is 262 g/mol. The summed E-state index contributed by atoms with van der Waals surface area (Å²) in [7, 11) is 0. The number of hydrogen-bond donors (Lipinski definition) is 4. The molecule has 0 rings (SSSR count). The van der Waals surface area contributed by atoms with Crippen molar-refractivity contribution in [2.45, 2.75) is 39.7 Å². The van der Waals surface area contributed by atoms with Gasteiger partial charge in [0.2, 0.25) is 5.91 Å². The molecular formula is C13H25N3O2S. The number of thiocarbonyl (C=S) groups is 1. The average Bonchev–Trinajstić information content (AvgIpc) is 2.31. The van der Waals surface area contributed by atoms with Crippen molar-refractivity contribution in [3.8, 4) is 0 Å². The minimum Gasteiger partial charge on any atom is -0.393 e. The maximum atomic E-state index is 12.0. The van der Waals surface area contributed by atoms with Crippen LogP contribution in [-0.2, 0) is 4.79 Å². The zero-order valence-electron chi connectivity index (χ0n) is 11.9. The lowest BCUT2D eigenvalue weighted by Crippen LogP contribution is -2.49. The van der Waals surface area contributed by atoms with Crippen LogP contribution in [-0.4, -0.2) is 28.8 Å². The summed E-state index contributed by atoms with van der Waals surface area (Å²) >= 11 is 4.97. The van der Waals surface area contributed by atoms with E-state index >= 15 is 0 Å². The van der Waals surface area contributed by atoms with E-state index in [0.29, 0.717) is 24.0 Å². The Morgan fingerprint density at radius 1 is 1.32 bits per heavy atom. The zero-order chi connectivity index (χ0) is 14.8. The molecule has 0 aromatic carbocycles. The second-order valence-electron chi connectivity index (χ2n) is 5.02. The first-order chi connectivity index (χ1) is 8.86. The Kier molecular flexibility index (Phi) is 9.16. The molecule has 0 aromatic heterocycles. The highest BCUT2D eigenvalue weighted by atomic mass is 32.1. The number of carbonyl (C=O) groups excluding carboxylic acids is 1. The summed E-state index contributed by atoms with van der Waals surface area (Å²) < 4.78 is 0. The molecule has 0 heterocycles. The van der Waals surface area contributed by atoms with Gasteiger partial charge < -0.3 is 10.4 Å². The number of hydrogen-bond acceptors (Lipinski definition) is 3. The van der Waals surface area contributed by atoms with Crippen LogP contribution in [0.25, 0.3) is 0 Å². The molecule has 110 valence electrons. The van der Waals surface area contributed by atoms with Gasteiger partial charge >= 0.3 is 0 Å². The number of aliphatic hydroxyl groups is 1. The molecule has 0 spiro atoms. The van der Waals surface area contributed by atoms with E-state index in [-0.39, 0.29) is 11.8 Å². The van der Waals surface area contributed by atoms with E-state index in [1.165, 1.54) is 0 Å². The third-order valence-electron chi connectivity index (χ3n) is 2.46. The Labute approximate surface area is 120 Å². The lowest BCUT2D eigenvalue weighted by Gasteiger charge is -2.20. The third-order valence-corrected chi connectivity index (χ3v) is 2.70. The molecule has 0 aliphatic rings. The van der Waals surface area contributed by atoms with Crippen molar-refractivity contribution in [3.05, 3.63) is 12.7 Å². The minimum atomic E-state index is -0.500. The summed E-state index contributed by atoms with van der Waals surface area (Å²) in [4.78, 5) is 12.0. The summed E-state index contributed by atoms with van der Waals surface area (Å²) in [5.74, 6) is 0.00685. The number of aliphatic hydroxyl groups excluding tert-OH is 1. The van der Waals surface area contributed by atoms with E-state index in [9.17, 15) is 9.90 Å². The zero-order valence-corrected chi connectivity index (χ0v) is 12.7. The van der Waals surface area contributed by atoms with Crippen molar-refractivity contribution in [1.82, 2.24) is 16.2 Å². The normalized spacial score (nSPS) is 13.5. The summed E-state index contributed by atoms with van der Waals surface area (Å²) in [6.07, 6.45) is 2.34. The SMILES string of the molecule is C=CCNC(=S)NNC(=O)[C@@H](CC(C)C)C[C@H](C)O. The molecule has 5 nitrogen and oxygen atoms in total. The fraction of sp³-hybridized carbons (Fsp3) is 0.692. The maximum Gasteiger partial charge on any atom is 0.241 e. The molecule has 0 saturated carbocycles. The van der Waals surface area contributed by atoms with Gasteiger partial charge in [0.15, 0.2) is 5.11 Å². The molecule has 0 bridgehead atoms. The van der Waals surface area contributed by atoms with Crippen LogP contribution < -0.4 is 16.2 Å². The molecule has 0 radical (unpaired) electrons. The second-order valence-corrected chi connectivity index (χ2v) is 5.43. The predicted octanol–water partition coefficient (Wildman–Crippen LogP) is 1.10. The van der Waals surface area contributed by atoms with E-state index in [4.69, 9.17) is 12.2 Å². The fourth-order valence-corrected chi connectivity index (χ4v) is 1.85. The Morgan fingerprint density at radius 2 is 1.95 bits per heavy atom. The standard InChI is InChI=1S/C13H25N3O2S/c1-5-6-14-13(19)16-15-12(18)11(7-9(2)3)8-10(4)17/h5,9-11,17H,1,6-8H2,2-4H3,(H,15,18)(H2,14,16,19)/t10-,11-/m0/s1. The summed E-state index contributed by atoms with van der Waals surface area (Å²) in [6, 6.07) is 0. The molecule has 1 amide bonds. The van der Waals surface area contributed by atoms with Crippen molar-refractivity contribution in [3.63, 3.8) is 0 Å². The molecule has 0 saturated heterocycles. The number of rotatable bonds is 7. The summed E-state index contributed by atoms with van der Waals surface area (Å²) in [5, 5.41) is 12.6. The molecule has 0 unspecified atom stereocenters. The monoisotopic (exact) mass is 287 g/mol. The van der Waals surface area contributed by atoms with E-state index in [1.54, 1.807) is 13.0 Å². The van der Waals surface area contributed by atoms with Crippen LogP contribution in [0.2, 0.25) is 0 Å². The topological polar surface area (TPSA) is 73.4 Å². The Balaban J connectivity index is 4.23. The Morgan fingerprint density at radius 3 is 2.42 bits per heavy atom. The van der Waals surface area contributed by atoms with Gasteiger partial charge in [0, 0.05) is 12.5 Å². The lowest BCUT2D eigenvalue weighted by molar-refractivity contribution is -0.127. The highest BCUT2D eigenvalue weighted by molar-refractivity contribution is 7.80. The Hall–Kier alpha value is -1.14. The van der Waals surface area contributed by atoms with Gasteiger partial charge in [-0.3, -0.25) is 15.6 Å². The van der Waals surface area contributed by atoms with Gasteiger partial charge in [0.1, 0.15) is 0 Å². The van der Waals surface area contributed by atoms with E-state index < -0.39 is 6.10 Å². The van der Waals surface area contributed by atoms with Gasteiger partial charge in [0.05, 0.1) is 6.10 Å². The van der Waals surface area contributed by atoms with E-state index in [2.05, 4.69) is 22.7 Å². The average molecular weight is 287 g/mol. The minimum absolute atomic E-state index is 0.155. The first kappa shape index (κ1) is 17.9. The van der Waals surface area contributed by atoms with Crippen LogP contribution >= 0.6 is 12.2 Å². The number of carbonyl (C=O) groups is 1. The van der Waals surface area contributed by atoms with Crippen molar-refractivity contribution < 1.29 is 9.90 Å².